The van der Waals surface area contributed by atoms with Gasteiger partial charge in [0, 0.05) is 37.7 Å². The largest absolute Gasteiger partial charge is 0.493 e. The third-order valence-corrected chi connectivity index (χ3v) is 7.92. The van der Waals surface area contributed by atoms with Gasteiger partial charge in [-0.2, -0.15) is 0 Å². The SMILES string of the molecule is CCCCN(C(=O)CN1CC(c2ccc3c(c2)CCO3)C(C(=O)O)C1CC(C)(C)C=C(C)C)c1cccnc1. The number of nitrogens with zero attached hydrogens (tertiary/aromatic N) is 3. The first-order valence-electron chi connectivity index (χ1n) is 14.2. The van der Waals surface area contributed by atoms with Gasteiger partial charge < -0.3 is 14.7 Å². The molecule has 1 aromatic heterocycles. The van der Waals surface area contributed by atoms with Crippen LogP contribution in [0, 0.1) is 11.3 Å². The van der Waals surface area contributed by atoms with Crippen LogP contribution in [0.25, 0.3) is 0 Å². The molecule has 1 aromatic carbocycles. The van der Waals surface area contributed by atoms with Crippen LogP contribution >= 0.6 is 0 Å². The van der Waals surface area contributed by atoms with Crippen molar-refractivity contribution in [1.82, 2.24) is 9.88 Å². The van der Waals surface area contributed by atoms with Crippen molar-refractivity contribution in [2.45, 2.75) is 72.3 Å². The summed E-state index contributed by atoms with van der Waals surface area (Å²) in [6.45, 7) is 12.5. The molecule has 3 atom stereocenters. The second-order valence-electron chi connectivity index (χ2n) is 12.0. The van der Waals surface area contributed by atoms with Crippen LogP contribution in [-0.4, -0.2) is 59.1 Å². The number of rotatable bonds is 11. The molecular formula is C32H43N3O4. The first-order valence-corrected chi connectivity index (χ1v) is 14.2. The zero-order valence-electron chi connectivity index (χ0n) is 24.0. The number of amides is 1. The molecule has 2 aliphatic heterocycles. The Morgan fingerprint density at radius 1 is 1.26 bits per heavy atom. The standard InChI is InChI=1S/C32H43N3O4/c1-6-7-14-35(25-9-8-13-33-19-25)29(36)21-34-20-26(23-10-11-28-24(16-23)12-15-39-28)30(31(37)38)27(34)18-32(4,5)17-22(2)3/h8-11,13,16-17,19,26-27,30H,6-7,12,14-15,18,20-21H2,1-5H3,(H,37,38). The monoisotopic (exact) mass is 533 g/mol. The summed E-state index contributed by atoms with van der Waals surface area (Å²) in [4.78, 5) is 34.9. The second kappa shape index (κ2) is 12.3. The molecule has 3 unspecified atom stereocenters. The molecule has 0 aliphatic carbocycles. The summed E-state index contributed by atoms with van der Waals surface area (Å²) in [5.41, 5.74) is 3.91. The molecule has 1 N–H and O–H groups in total. The minimum absolute atomic E-state index is 0.0198. The van der Waals surface area contributed by atoms with E-state index in [-0.39, 0.29) is 29.8 Å². The molecule has 0 saturated carbocycles. The molecule has 7 nitrogen and oxygen atoms in total. The molecule has 2 aromatic rings. The van der Waals surface area contributed by atoms with E-state index in [0.29, 0.717) is 26.1 Å². The van der Waals surface area contributed by atoms with E-state index in [9.17, 15) is 14.7 Å². The van der Waals surface area contributed by atoms with E-state index in [1.54, 1.807) is 12.4 Å². The smallest absolute Gasteiger partial charge is 0.308 e. The molecule has 0 bridgehead atoms. The van der Waals surface area contributed by atoms with Gasteiger partial charge in [-0.25, -0.2) is 0 Å². The van der Waals surface area contributed by atoms with Gasteiger partial charge in [0.15, 0.2) is 0 Å². The lowest BCUT2D eigenvalue weighted by Crippen LogP contribution is -2.45. The molecule has 7 heteroatoms. The third kappa shape index (κ3) is 6.88. The number of anilines is 1. The van der Waals surface area contributed by atoms with Crippen molar-refractivity contribution in [3.63, 3.8) is 0 Å². The Kier molecular flexibility index (Phi) is 9.11. The number of carboxylic acid groups (broad SMARTS) is 1. The highest BCUT2D eigenvalue weighted by Crippen LogP contribution is 2.44. The summed E-state index contributed by atoms with van der Waals surface area (Å²) < 4.78 is 5.70. The molecule has 210 valence electrons. The zero-order valence-corrected chi connectivity index (χ0v) is 24.0. The van der Waals surface area contributed by atoms with E-state index in [1.165, 1.54) is 5.57 Å². The van der Waals surface area contributed by atoms with Crippen molar-refractivity contribution in [3.8, 4) is 5.75 Å². The molecule has 1 amide bonds. The Morgan fingerprint density at radius 2 is 2.05 bits per heavy atom. The summed E-state index contributed by atoms with van der Waals surface area (Å²) in [7, 11) is 0. The van der Waals surface area contributed by atoms with Crippen LogP contribution in [0.15, 0.2) is 54.4 Å². The number of pyridine rings is 1. The molecule has 1 saturated heterocycles. The van der Waals surface area contributed by atoms with Crippen LogP contribution in [0.1, 0.15) is 70.9 Å². The topological polar surface area (TPSA) is 83.0 Å². The maximum Gasteiger partial charge on any atom is 0.308 e. The number of allylic oxidation sites excluding steroid dienone is 2. The van der Waals surface area contributed by atoms with Crippen LogP contribution in [-0.2, 0) is 16.0 Å². The van der Waals surface area contributed by atoms with Crippen molar-refractivity contribution < 1.29 is 19.4 Å². The highest BCUT2D eigenvalue weighted by Gasteiger charge is 2.48. The first kappa shape index (κ1) is 28.8. The minimum atomic E-state index is -0.806. The van der Waals surface area contributed by atoms with Crippen LogP contribution in [0.4, 0.5) is 5.69 Å². The minimum Gasteiger partial charge on any atom is -0.493 e. The lowest BCUT2D eigenvalue weighted by molar-refractivity contribution is -0.143. The number of carbonyl (C=O) groups is 2. The Hall–Kier alpha value is -3.19. The molecular weight excluding hydrogens is 490 g/mol. The summed E-state index contributed by atoms with van der Waals surface area (Å²) in [6, 6.07) is 9.58. The summed E-state index contributed by atoms with van der Waals surface area (Å²) in [6.07, 6.45) is 8.99. The number of aliphatic carboxylic acids is 1. The normalized spacial score (nSPS) is 20.8. The second-order valence-corrected chi connectivity index (χ2v) is 12.0. The number of hydrogen-bond donors (Lipinski definition) is 1. The summed E-state index contributed by atoms with van der Waals surface area (Å²) >= 11 is 0. The van der Waals surface area contributed by atoms with Gasteiger partial charge in [0.05, 0.1) is 31.0 Å². The van der Waals surface area contributed by atoms with Crippen LogP contribution in [0.3, 0.4) is 0 Å². The number of unbranched alkanes of at least 4 members (excludes halogenated alkanes) is 1. The molecule has 0 radical (unpaired) electrons. The van der Waals surface area contributed by atoms with Gasteiger partial charge >= 0.3 is 5.97 Å². The number of likely N-dealkylation sites (tertiary alicyclic amines) is 1. The number of benzene rings is 1. The van der Waals surface area contributed by atoms with Crippen molar-refractivity contribution in [1.29, 1.82) is 0 Å². The van der Waals surface area contributed by atoms with Crippen molar-refractivity contribution >= 4 is 17.6 Å². The number of hydrogen-bond acceptors (Lipinski definition) is 5. The quantitative estimate of drug-likeness (QED) is 0.373. The van der Waals surface area contributed by atoms with Crippen molar-refractivity contribution in [3.05, 3.63) is 65.5 Å². The van der Waals surface area contributed by atoms with E-state index >= 15 is 0 Å². The molecule has 39 heavy (non-hydrogen) atoms. The van der Waals surface area contributed by atoms with Gasteiger partial charge in [-0.05, 0) is 61.4 Å². The average Bonchev–Trinajstić information content (AvgIpc) is 3.48. The number of carboxylic acids is 1. The fraction of sp³-hybridized carbons (Fsp3) is 0.531. The fourth-order valence-electron chi connectivity index (χ4n) is 6.39. The fourth-order valence-corrected chi connectivity index (χ4v) is 6.39. The molecule has 3 heterocycles. The van der Waals surface area contributed by atoms with E-state index < -0.39 is 11.9 Å². The average molecular weight is 534 g/mol. The summed E-state index contributed by atoms with van der Waals surface area (Å²) in [5.74, 6) is -0.768. The first-order chi connectivity index (χ1) is 18.6. The molecule has 4 rings (SSSR count). The predicted molar refractivity (Wildman–Crippen MR) is 154 cm³/mol. The van der Waals surface area contributed by atoms with Gasteiger partial charge in [0.25, 0.3) is 0 Å². The third-order valence-electron chi connectivity index (χ3n) is 7.92. The molecule has 1 fully saturated rings. The predicted octanol–water partition coefficient (Wildman–Crippen LogP) is 5.70. The Morgan fingerprint density at radius 3 is 2.72 bits per heavy atom. The van der Waals surface area contributed by atoms with Crippen molar-refractivity contribution in [2.24, 2.45) is 11.3 Å². The van der Waals surface area contributed by atoms with Gasteiger partial charge in [-0.1, -0.05) is 51.0 Å². The molecule has 0 spiro atoms. The zero-order chi connectivity index (χ0) is 28.2. The Bertz CT molecular complexity index is 1190. The van der Waals surface area contributed by atoms with Crippen LogP contribution in [0.5, 0.6) is 5.75 Å². The highest BCUT2D eigenvalue weighted by molar-refractivity contribution is 5.94. The molecule has 2 aliphatic rings. The van der Waals surface area contributed by atoms with Gasteiger partial charge in [-0.15, -0.1) is 0 Å². The lowest BCUT2D eigenvalue weighted by Gasteiger charge is -2.34. The van der Waals surface area contributed by atoms with Gasteiger partial charge in [-0.3, -0.25) is 19.5 Å². The van der Waals surface area contributed by atoms with E-state index in [4.69, 9.17) is 4.74 Å². The number of ether oxygens (including phenoxy) is 1. The van der Waals surface area contributed by atoms with Crippen LogP contribution < -0.4 is 9.64 Å². The van der Waals surface area contributed by atoms with Gasteiger partial charge in [0.2, 0.25) is 5.91 Å². The lowest BCUT2D eigenvalue weighted by atomic mass is 9.77. The number of carbonyl (C=O) groups excluding carboxylic acids is 1. The van der Waals surface area contributed by atoms with E-state index in [1.807, 2.05) is 29.2 Å². The highest BCUT2D eigenvalue weighted by atomic mass is 16.5. The Balaban J connectivity index is 1.68. The van der Waals surface area contributed by atoms with Crippen LogP contribution in [0.2, 0.25) is 0 Å². The maximum atomic E-state index is 13.8. The summed E-state index contributed by atoms with van der Waals surface area (Å²) in [5, 5.41) is 10.6. The van der Waals surface area contributed by atoms with E-state index in [2.05, 4.69) is 56.6 Å². The number of aromatic nitrogens is 1. The van der Waals surface area contributed by atoms with Gasteiger partial charge in [0.1, 0.15) is 5.75 Å². The Labute approximate surface area is 232 Å². The maximum absolute atomic E-state index is 13.8. The van der Waals surface area contributed by atoms with Crippen molar-refractivity contribution in [2.75, 3.05) is 31.1 Å². The van der Waals surface area contributed by atoms with E-state index in [0.717, 1.165) is 41.8 Å². The number of fused-ring (bicyclic) bond motifs is 1.